The van der Waals surface area contributed by atoms with Gasteiger partial charge in [0, 0.05) is 24.3 Å². The van der Waals surface area contributed by atoms with Crippen LogP contribution in [0.4, 0.5) is 5.69 Å². The summed E-state index contributed by atoms with van der Waals surface area (Å²) in [5.41, 5.74) is 6.47. The number of rotatable bonds is 7. The molecule has 0 saturated carbocycles. The molecular weight excluding hydrogens is 262 g/mol. The van der Waals surface area contributed by atoms with Gasteiger partial charge in [-0.15, -0.1) is 0 Å². The number of benzene rings is 1. The van der Waals surface area contributed by atoms with Gasteiger partial charge in [0.05, 0.1) is 19.8 Å². The second-order valence-electron chi connectivity index (χ2n) is 4.13. The summed E-state index contributed by atoms with van der Waals surface area (Å²) in [4.78, 5) is 24.8. The average Bonchev–Trinajstić information content (AvgIpc) is 2.45. The highest BCUT2D eigenvalue weighted by atomic mass is 16.3. The van der Waals surface area contributed by atoms with Crippen LogP contribution in [0.5, 0.6) is 0 Å². The highest BCUT2D eigenvalue weighted by Gasteiger charge is 2.14. The number of hydrogen-bond donors (Lipinski definition) is 4. The largest absolute Gasteiger partial charge is 0.399 e. The van der Waals surface area contributed by atoms with Gasteiger partial charge < -0.3 is 26.2 Å². The van der Waals surface area contributed by atoms with Gasteiger partial charge >= 0.3 is 0 Å². The normalized spacial score (nSPS) is 10.1. The van der Waals surface area contributed by atoms with Crippen LogP contribution in [0.15, 0.2) is 24.3 Å². The van der Waals surface area contributed by atoms with Crippen LogP contribution in [-0.2, 0) is 4.79 Å². The van der Waals surface area contributed by atoms with Crippen molar-refractivity contribution >= 4 is 17.5 Å². The van der Waals surface area contributed by atoms with Crippen molar-refractivity contribution in [3.05, 3.63) is 29.8 Å². The maximum atomic E-state index is 11.8. The number of hydrogen-bond acceptors (Lipinski definition) is 5. The molecule has 110 valence electrons. The summed E-state index contributed by atoms with van der Waals surface area (Å²) in [6, 6.07) is 6.32. The molecule has 0 spiro atoms. The molecule has 0 atom stereocenters. The molecule has 0 aliphatic heterocycles. The first kappa shape index (κ1) is 15.9. The number of nitrogens with two attached hydrogens (primary N) is 1. The topological polar surface area (TPSA) is 116 Å². The number of nitrogens with one attached hydrogen (secondary N) is 1. The van der Waals surface area contributed by atoms with Crippen molar-refractivity contribution in [3.63, 3.8) is 0 Å². The first-order valence-corrected chi connectivity index (χ1v) is 6.21. The smallest absolute Gasteiger partial charge is 0.251 e. The zero-order valence-corrected chi connectivity index (χ0v) is 11.1. The quantitative estimate of drug-likeness (QED) is 0.469. The van der Waals surface area contributed by atoms with E-state index in [0.717, 1.165) is 0 Å². The predicted molar refractivity (Wildman–Crippen MR) is 73.9 cm³/mol. The number of aliphatic hydroxyl groups is 2. The van der Waals surface area contributed by atoms with Crippen LogP contribution >= 0.6 is 0 Å². The first-order valence-electron chi connectivity index (χ1n) is 6.21. The molecule has 0 heterocycles. The van der Waals surface area contributed by atoms with E-state index in [1.165, 1.54) is 4.90 Å². The molecule has 0 aromatic heterocycles. The van der Waals surface area contributed by atoms with E-state index in [2.05, 4.69) is 5.32 Å². The highest BCUT2D eigenvalue weighted by molar-refractivity contribution is 5.96. The molecule has 7 heteroatoms. The van der Waals surface area contributed by atoms with Crippen LogP contribution in [0.2, 0.25) is 0 Å². The lowest BCUT2D eigenvalue weighted by atomic mass is 10.2. The third-order valence-corrected chi connectivity index (χ3v) is 2.67. The summed E-state index contributed by atoms with van der Waals surface area (Å²) in [6.45, 7) is -0.341. The Bertz CT molecular complexity index is 441. The Kier molecular flexibility index (Phi) is 6.48. The molecule has 0 aliphatic rings. The Hall–Kier alpha value is -2.12. The summed E-state index contributed by atoms with van der Waals surface area (Å²) < 4.78 is 0. The third kappa shape index (κ3) is 4.87. The van der Waals surface area contributed by atoms with Crippen LogP contribution in [0.1, 0.15) is 10.4 Å². The standard InChI is InChI=1S/C13H19N3O4/c14-11-3-1-10(2-4-11)13(20)15-9-12(19)16(5-7-17)6-8-18/h1-4,17-18H,5-9,14H2,(H,15,20). The minimum absolute atomic E-state index is 0.122. The van der Waals surface area contributed by atoms with Crippen molar-refractivity contribution in [2.45, 2.75) is 0 Å². The van der Waals surface area contributed by atoms with Crippen molar-refractivity contribution < 1.29 is 19.8 Å². The van der Waals surface area contributed by atoms with Crippen molar-refractivity contribution in [1.29, 1.82) is 0 Å². The molecule has 0 radical (unpaired) electrons. The number of carbonyl (C=O) groups is 2. The number of nitrogen functional groups attached to an aromatic ring is 1. The molecule has 5 N–H and O–H groups in total. The maximum Gasteiger partial charge on any atom is 0.251 e. The Morgan fingerprint density at radius 1 is 1.10 bits per heavy atom. The molecule has 20 heavy (non-hydrogen) atoms. The number of carbonyl (C=O) groups excluding carboxylic acids is 2. The van der Waals surface area contributed by atoms with E-state index >= 15 is 0 Å². The van der Waals surface area contributed by atoms with Crippen molar-refractivity contribution in [3.8, 4) is 0 Å². The highest BCUT2D eigenvalue weighted by Crippen LogP contribution is 2.04. The summed E-state index contributed by atoms with van der Waals surface area (Å²) in [7, 11) is 0. The van der Waals surface area contributed by atoms with Gasteiger partial charge in [-0.05, 0) is 24.3 Å². The lowest BCUT2D eigenvalue weighted by Gasteiger charge is -2.20. The van der Waals surface area contributed by atoms with E-state index in [9.17, 15) is 9.59 Å². The van der Waals surface area contributed by atoms with Gasteiger partial charge in [-0.1, -0.05) is 0 Å². The second-order valence-corrected chi connectivity index (χ2v) is 4.13. The zero-order valence-electron chi connectivity index (χ0n) is 11.1. The lowest BCUT2D eigenvalue weighted by Crippen LogP contribution is -2.42. The van der Waals surface area contributed by atoms with Gasteiger partial charge in [0.2, 0.25) is 5.91 Å². The summed E-state index contributed by atoms with van der Waals surface area (Å²) >= 11 is 0. The van der Waals surface area contributed by atoms with E-state index < -0.39 is 0 Å². The fourth-order valence-electron chi connectivity index (χ4n) is 1.61. The Labute approximate surface area is 117 Å². The molecule has 0 unspecified atom stereocenters. The third-order valence-electron chi connectivity index (χ3n) is 2.67. The molecule has 1 rings (SSSR count). The molecule has 0 bridgehead atoms. The van der Waals surface area contributed by atoms with Crippen molar-refractivity contribution in [2.75, 3.05) is 38.6 Å². The lowest BCUT2D eigenvalue weighted by molar-refractivity contribution is -0.131. The van der Waals surface area contributed by atoms with Gasteiger partial charge in [-0.25, -0.2) is 0 Å². The molecular formula is C13H19N3O4. The van der Waals surface area contributed by atoms with Gasteiger partial charge in [0.25, 0.3) is 5.91 Å². The van der Waals surface area contributed by atoms with E-state index in [1.54, 1.807) is 24.3 Å². The number of nitrogens with zero attached hydrogens (tertiary/aromatic N) is 1. The molecule has 2 amide bonds. The average molecular weight is 281 g/mol. The van der Waals surface area contributed by atoms with Gasteiger partial charge in [-0.2, -0.15) is 0 Å². The van der Waals surface area contributed by atoms with E-state index in [-0.39, 0.29) is 44.7 Å². The summed E-state index contributed by atoms with van der Waals surface area (Å²) in [6.07, 6.45) is 0. The van der Waals surface area contributed by atoms with Crippen LogP contribution < -0.4 is 11.1 Å². The number of anilines is 1. The molecule has 1 aromatic rings. The van der Waals surface area contributed by atoms with Crippen molar-refractivity contribution in [2.24, 2.45) is 0 Å². The van der Waals surface area contributed by atoms with E-state index in [0.29, 0.717) is 11.3 Å². The Morgan fingerprint density at radius 2 is 1.65 bits per heavy atom. The van der Waals surface area contributed by atoms with Crippen LogP contribution in [0.3, 0.4) is 0 Å². The van der Waals surface area contributed by atoms with Crippen LogP contribution in [-0.4, -0.2) is 59.8 Å². The zero-order chi connectivity index (χ0) is 15.0. The van der Waals surface area contributed by atoms with Gasteiger partial charge in [-0.3, -0.25) is 9.59 Å². The van der Waals surface area contributed by atoms with Gasteiger partial charge in [0.1, 0.15) is 0 Å². The van der Waals surface area contributed by atoms with Crippen LogP contribution in [0, 0.1) is 0 Å². The van der Waals surface area contributed by atoms with E-state index in [1.807, 2.05) is 0 Å². The predicted octanol–water partition coefficient (Wildman–Crippen LogP) is -1.19. The number of amides is 2. The molecule has 1 aromatic carbocycles. The molecule has 7 nitrogen and oxygen atoms in total. The van der Waals surface area contributed by atoms with Gasteiger partial charge in [0.15, 0.2) is 0 Å². The minimum Gasteiger partial charge on any atom is -0.399 e. The fraction of sp³-hybridized carbons (Fsp3) is 0.385. The van der Waals surface area contributed by atoms with E-state index in [4.69, 9.17) is 15.9 Å². The van der Waals surface area contributed by atoms with Crippen LogP contribution in [0.25, 0.3) is 0 Å². The molecule has 0 saturated heterocycles. The minimum atomic E-state index is -0.383. The fourth-order valence-corrected chi connectivity index (χ4v) is 1.61. The Morgan fingerprint density at radius 3 is 2.15 bits per heavy atom. The molecule has 0 fully saturated rings. The summed E-state index contributed by atoms with van der Waals surface area (Å²) in [5, 5.41) is 20.1. The first-order chi connectivity index (χ1) is 9.58. The second kappa shape index (κ2) is 8.13. The number of aliphatic hydroxyl groups excluding tert-OH is 2. The summed E-state index contributed by atoms with van der Waals surface area (Å²) in [5.74, 6) is -0.747. The monoisotopic (exact) mass is 281 g/mol. The Balaban J connectivity index is 2.50. The maximum absolute atomic E-state index is 11.8. The van der Waals surface area contributed by atoms with Crippen molar-refractivity contribution in [1.82, 2.24) is 10.2 Å². The SMILES string of the molecule is Nc1ccc(C(=O)NCC(=O)N(CCO)CCO)cc1. The molecule has 0 aliphatic carbocycles.